The molecule has 0 fully saturated rings. The van der Waals surface area contributed by atoms with E-state index in [2.05, 4.69) is 39.2 Å². The second-order valence-electron chi connectivity index (χ2n) is 4.42. The normalized spacial score (nSPS) is 10.3. The molecule has 0 saturated carbocycles. The van der Waals surface area contributed by atoms with Crippen molar-refractivity contribution in [2.45, 2.75) is 18.5 Å². The molecule has 0 aliphatic carbocycles. The molecule has 0 amide bonds. The molecular weight excluding hydrogens is 268 g/mol. The minimum Gasteiger partial charge on any atom is -0.370 e. The lowest BCUT2D eigenvalue weighted by Gasteiger charge is -2.19. The smallest absolute Gasteiger partial charge is 0.191 e. The number of anilines is 3. The molecule has 0 spiro atoms. The van der Waals surface area contributed by atoms with Gasteiger partial charge in [0.15, 0.2) is 5.16 Å². The molecule has 0 atom stereocenters. The summed E-state index contributed by atoms with van der Waals surface area (Å²) in [4.78, 5) is 11.1. The van der Waals surface area contributed by atoms with Gasteiger partial charge in [0.2, 0.25) is 0 Å². The number of nitrogens with zero attached hydrogens (tertiary/aromatic N) is 3. The topological polar surface area (TPSA) is 41.0 Å². The van der Waals surface area contributed by atoms with Gasteiger partial charge in [-0.1, -0.05) is 36.9 Å². The fourth-order valence-corrected chi connectivity index (χ4v) is 2.18. The van der Waals surface area contributed by atoms with Gasteiger partial charge < -0.3 is 10.2 Å². The van der Waals surface area contributed by atoms with E-state index in [9.17, 15) is 0 Å². The highest BCUT2D eigenvalue weighted by molar-refractivity contribution is 7.98. The lowest BCUT2D eigenvalue weighted by atomic mass is 10.3. The zero-order chi connectivity index (χ0) is 14.4. The maximum Gasteiger partial charge on any atom is 0.191 e. The highest BCUT2D eigenvalue weighted by Crippen LogP contribution is 2.25. The molecule has 1 aromatic heterocycles. The van der Waals surface area contributed by atoms with Gasteiger partial charge in [-0.15, -0.1) is 0 Å². The van der Waals surface area contributed by atoms with E-state index in [0.29, 0.717) is 0 Å². The van der Waals surface area contributed by atoms with E-state index < -0.39 is 0 Å². The number of nitrogens with one attached hydrogen (secondary N) is 1. The minimum absolute atomic E-state index is 0.781. The standard InChI is InChI=1S/C15H20N4S/c1-4-10-16-13-11-14(18-15(17-13)20-3)19(2)12-8-6-5-7-9-12/h5-9,11H,4,10H2,1-3H3,(H,16,17,18). The SMILES string of the molecule is CCCNc1cc(N(C)c2ccccc2)nc(SC)n1. The second kappa shape index (κ2) is 7.14. The predicted molar refractivity (Wildman–Crippen MR) is 87.1 cm³/mol. The summed E-state index contributed by atoms with van der Waals surface area (Å²) >= 11 is 1.55. The van der Waals surface area contributed by atoms with Crippen LogP contribution in [-0.2, 0) is 0 Å². The molecular formula is C15H20N4S. The Bertz CT molecular complexity index is 545. The van der Waals surface area contributed by atoms with Crippen molar-refractivity contribution in [3.05, 3.63) is 36.4 Å². The van der Waals surface area contributed by atoms with Crippen LogP contribution in [0.4, 0.5) is 17.3 Å². The van der Waals surface area contributed by atoms with Crippen LogP contribution in [0.1, 0.15) is 13.3 Å². The first-order chi connectivity index (χ1) is 9.74. The molecule has 1 N–H and O–H groups in total. The highest BCUT2D eigenvalue weighted by Gasteiger charge is 2.09. The highest BCUT2D eigenvalue weighted by atomic mass is 32.2. The molecule has 0 aliphatic heterocycles. The summed E-state index contributed by atoms with van der Waals surface area (Å²) in [6, 6.07) is 12.2. The summed E-state index contributed by atoms with van der Waals surface area (Å²) < 4.78 is 0. The maximum absolute atomic E-state index is 4.57. The summed E-state index contributed by atoms with van der Waals surface area (Å²) in [5.41, 5.74) is 1.11. The van der Waals surface area contributed by atoms with Crippen molar-refractivity contribution in [1.29, 1.82) is 0 Å². The first-order valence-corrected chi connectivity index (χ1v) is 7.92. The number of thioether (sulfide) groups is 1. The number of para-hydroxylation sites is 1. The molecule has 2 aromatic rings. The number of benzene rings is 1. The van der Waals surface area contributed by atoms with E-state index >= 15 is 0 Å². The van der Waals surface area contributed by atoms with Crippen LogP contribution in [0, 0.1) is 0 Å². The first kappa shape index (κ1) is 14.7. The fraction of sp³-hybridized carbons (Fsp3) is 0.333. The lowest BCUT2D eigenvalue weighted by molar-refractivity contribution is 0.916. The Morgan fingerprint density at radius 1 is 1.20 bits per heavy atom. The number of hydrogen-bond acceptors (Lipinski definition) is 5. The van der Waals surface area contributed by atoms with Crippen LogP contribution in [0.3, 0.4) is 0 Å². The van der Waals surface area contributed by atoms with Crippen molar-refractivity contribution in [1.82, 2.24) is 9.97 Å². The maximum atomic E-state index is 4.57. The third-order valence-electron chi connectivity index (χ3n) is 2.92. The zero-order valence-electron chi connectivity index (χ0n) is 12.1. The molecule has 5 heteroatoms. The van der Waals surface area contributed by atoms with E-state index in [1.165, 1.54) is 0 Å². The van der Waals surface area contributed by atoms with Crippen molar-refractivity contribution in [2.75, 3.05) is 30.1 Å². The Kier molecular flexibility index (Phi) is 5.24. The molecule has 20 heavy (non-hydrogen) atoms. The van der Waals surface area contributed by atoms with Crippen molar-refractivity contribution < 1.29 is 0 Å². The van der Waals surface area contributed by atoms with Gasteiger partial charge in [-0.25, -0.2) is 9.97 Å². The average molecular weight is 288 g/mol. The van der Waals surface area contributed by atoms with Crippen LogP contribution >= 0.6 is 11.8 Å². The Morgan fingerprint density at radius 2 is 1.95 bits per heavy atom. The lowest BCUT2D eigenvalue weighted by Crippen LogP contribution is -2.13. The molecule has 1 heterocycles. The van der Waals surface area contributed by atoms with Gasteiger partial charge in [-0.2, -0.15) is 0 Å². The Labute approximate surface area is 124 Å². The Balaban J connectivity index is 2.30. The van der Waals surface area contributed by atoms with E-state index in [-0.39, 0.29) is 0 Å². The van der Waals surface area contributed by atoms with Gasteiger partial charge in [0, 0.05) is 25.3 Å². The summed E-state index contributed by atoms with van der Waals surface area (Å²) in [5, 5.41) is 4.11. The summed E-state index contributed by atoms with van der Waals surface area (Å²) in [6.45, 7) is 3.06. The Morgan fingerprint density at radius 3 is 2.60 bits per heavy atom. The van der Waals surface area contributed by atoms with Crippen LogP contribution in [-0.4, -0.2) is 29.8 Å². The predicted octanol–water partition coefficient (Wildman–Crippen LogP) is 3.79. The zero-order valence-corrected chi connectivity index (χ0v) is 12.9. The molecule has 0 bridgehead atoms. The largest absolute Gasteiger partial charge is 0.370 e. The molecule has 0 saturated heterocycles. The van der Waals surface area contributed by atoms with Crippen LogP contribution in [0.25, 0.3) is 0 Å². The van der Waals surface area contributed by atoms with E-state index in [0.717, 1.165) is 35.4 Å². The molecule has 1 aromatic carbocycles. The average Bonchev–Trinajstić information content (AvgIpc) is 2.52. The van der Waals surface area contributed by atoms with Crippen LogP contribution in [0.15, 0.2) is 41.6 Å². The quantitative estimate of drug-likeness (QED) is 0.647. The van der Waals surface area contributed by atoms with Crippen molar-refractivity contribution >= 4 is 29.1 Å². The van der Waals surface area contributed by atoms with E-state index in [1.807, 2.05) is 37.6 Å². The molecule has 106 valence electrons. The van der Waals surface area contributed by atoms with Crippen LogP contribution < -0.4 is 10.2 Å². The van der Waals surface area contributed by atoms with Crippen molar-refractivity contribution in [3.8, 4) is 0 Å². The second-order valence-corrected chi connectivity index (χ2v) is 5.19. The summed E-state index contributed by atoms with van der Waals surface area (Å²) in [6.07, 6.45) is 3.06. The van der Waals surface area contributed by atoms with Gasteiger partial charge in [0.05, 0.1) is 0 Å². The fourth-order valence-electron chi connectivity index (χ4n) is 1.80. The summed E-state index contributed by atoms with van der Waals surface area (Å²) in [5.74, 6) is 1.78. The van der Waals surface area contributed by atoms with Gasteiger partial charge in [-0.05, 0) is 24.8 Å². The van der Waals surface area contributed by atoms with Gasteiger partial charge in [0.1, 0.15) is 11.6 Å². The molecule has 0 radical (unpaired) electrons. The van der Waals surface area contributed by atoms with Gasteiger partial charge in [0.25, 0.3) is 0 Å². The molecule has 0 aliphatic rings. The third kappa shape index (κ3) is 3.63. The summed E-state index contributed by atoms with van der Waals surface area (Å²) in [7, 11) is 2.02. The van der Waals surface area contributed by atoms with E-state index in [4.69, 9.17) is 0 Å². The monoisotopic (exact) mass is 288 g/mol. The van der Waals surface area contributed by atoms with Crippen molar-refractivity contribution in [3.63, 3.8) is 0 Å². The van der Waals surface area contributed by atoms with Gasteiger partial charge in [-0.3, -0.25) is 0 Å². The minimum atomic E-state index is 0.781. The Hall–Kier alpha value is -1.75. The number of hydrogen-bond donors (Lipinski definition) is 1. The molecule has 0 unspecified atom stereocenters. The molecule has 4 nitrogen and oxygen atoms in total. The van der Waals surface area contributed by atoms with E-state index in [1.54, 1.807) is 11.8 Å². The van der Waals surface area contributed by atoms with Gasteiger partial charge >= 0.3 is 0 Å². The van der Waals surface area contributed by atoms with Crippen molar-refractivity contribution in [2.24, 2.45) is 0 Å². The number of aromatic nitrogens is 2. The van der Waals surface area contributed by atoms with Crippen LogP contribution in [0.5, 0.6) is 0 Å². The first-order valence-electron chi connectivity index (χ1n) is 6.70. The molecule has 2 rings (SSSR count). The third-order valence-corrected chi connectivity index (χ3v) is 3.47. The number of rotatable bonds is 6. The van der Waals surface area contributed by atoms with Crippen LogP contribution in [0.2, 0.25) is 0 Å².